The summed E-state index contributed by atoms with van der Waals surface area (Å²) in [7, 11) is 0.271. The zero-order valence-electron chi connectivity index (χ0n) is 13.2. The molecule has 0 spiro atoms. The van der Waals surface area contributed by atoms with E-state index in [4.69, 9.17) is 0 Å². The first-order valence-electron chi connectivity index (χ1n) is 6.66. The minimum atomic E-state index is -2.30. The number of hydrogen-bond acceptors (Lipinski definition) is 2. The van der Waals surface area contributed by atoms with Crippen LogP contribution in [0.4, 0.5) is 0 Å². The second-order valence-corrected chi connectivity index (χ2v) is 13.7. The van der Waals surface area contributed by atoms with Crippen LogP contribution in [0.5, 0.6) is 0 Å². The van der Waals surface area contributed by atoms with Crippen LogP contribution in [-0.4, -0.2) is 40.0 Å². The highest BCUT2D eigenvalue weighted by atomic mass is 28.4. The second-order valence-electron chi connectivity index (χ2n) is 6.09. The van der Waals surface area contributed by atoms with Gasteiger partial charge in [0.15, 0.2) is 0 Å². The van der Waals surface area contributed by atoms with Gasteiger partial charge in [0.2, 0.25) is 8.24 Å². The third-order valence-corrected chi connectivity index (χ3v) is 6.74. The number of rotatable bonds is 1. The fraction of sp³-hybridized carbons (Fsp3) is 0.375. The number of hydrogen-bond donors (Lipinski definition) is 1. The van der Waals surface area contributed by atoms with Crippen molar-refractivity contribution in [3.63, 3.8) is 0 Å². The highest BCUT2D eigenvalue weighted by Gasteiger charge is 2.20. The Morgan fingerprint density at radius 3 is 1.60 bits per heavy atom. The quantitative estimate of drug-likeness (QED) is 0.636. The molecule has 0 aromatic heterocycles. The van der Waals surface area contributed by atoms with Crippen molar-refractivity contribution in [3.05, 3.63) is 35.4 Å². The molecule has 0 aliphatic heterocycles. The fourth-order valence-corrected chi connectivity index (χ4v) is 2.32. The van der Waals surface area contributed by atoms with Gasteiger partial charge in [0.05, 0.1) is 0 Å². The summed E-state index contributed by atoms with van der Waals surface area (Å²) in [5.41, 5.74) is 8.27. The Morgan fingerprint density at radius 2 is 1.25 bits per heavy atom. The molecule has 2 nitrogen and oxygen atoms in total. The number of nitrogens with zero attached hydrogens (tertiary/aromatic N) is 1. The maximum absolute atomic E-state index is 9.70. The van der Waals surface area contributed by atoms with E-state index in [1.807, 2.05) is 37.4 Å². The van der Waals surface area contributed by atoms with Gasteiger partial charge in [-0.05, 0) is 64.5 Å². The van der Waals surface area contributed by atoms with Gasteiger partial charge in [-0.15, -0.1) is 5.54 Å². The summed E-state index contributed by atoms with van der Waals surface area (Å²) in [6.45, 7) is 8.09. The van der Waals surface area contributed by atoms with Crippen molar-refractivity contribution in [2.45, 2.75) is 26.2 Å². The molecule has 0 bridgehead atoms. The largest absolute Gasteiger partial charge is 0.422 e. The lowest BCUT2D eigenvalue weighted by molar-refractivity contribution is 0.570. The predicted octanol–water partition coefficient (Wildman–Crippen LogP) is 2.43. The topological polar surface area (TPSA) is 23.5 Å². The van der Waals surface area contributed by atoms with Gasteiger partial charge in [0.25, 0.3) is 8.32 Å². The molecule has 0 fully saturated rings. The summed E-state index contributed by atoms with van der Waals surface area (Å²) in [4.78, 5) is 9.70. The van der Waals surface area contributed by atoms with E-state index < -0.39 is 16.6 Å². The number of benzene rings is 1. The highest BCUT2D eigenvalue weighted by Crippen LogP contribution is 2.06. The molecule has 0 amide bonds. The Labute approximate surface area is 125 Å². The molecule has 0 radical (unpaired) electrons. The summed E-state index contributed by atoms with van der Waals surface area (Å²) in [6.07, 6.45) is 0. The van der Waals surface area contributed by atoms with Crippen molar-refractivity contribution < 1.29 is 4.80 Å². The predicted molar refractivity (Wildman–Crippen MR) is 91.1 cm³/mol. The molecule has 0 saturated heterocycles. The van der Waals surface area contributed by atoms with Crippen LogP contribution in [0.2, 0.25) is 26.2 Å². The zero-order chi connectivity index (χ0) is 15.4. The highest BCUT2D eigenvalue weighted by molar-refractivity contribution is 6.82. The van der Waals surface area contributed by atoms with Gasteiger partial charge < -0.3 is 9.36 Å². The molecule has 0 atom stereocenters. The first-order valence-corrected chi connectivity index (χ1v) is 12.6. The summed E-state index contributed by atoms with van der Waals surface area (Å²) in [5, 5.41) is 0. The molecule has 1 aromatic carbocycles. The van der Waals surface area contributed by atoms with Gasteiger partial charge >= 0.3 is 0 Å². The van der Waals surface area contributed by atoms with Crippen molar-refractivity contribution in [3.8, 4) is 22.9 Å². The minimum absolute atomic E-state index is 0.925. The maximum atomic E-state index is 9.70. The molecule has 106 valence electrons. The average Bonchev–Trinajstić information content (AvgIpc) is 2.34. The van der Waals surface area contributed by atoms with Gasteiger partial charge in [0.1, 0.15) is 0 Å². The van der Waals surface area contributed by atoms with E-state index in [-0.39, 0.29) is 0 Å². The molecule has 0 heterocycles. The lowest BCUT2D eigenvalue weighted by atomic mass is 10.1. The van der Waals surface area contributed by atoms with E-state index in [1.54, 1.807) is 0 Å². The van der Waals surface area contributed by atoms with Crippen molar-refractivity contribution in [2.75, 3.05) is 14.1 Å². The van der Waals surface area contributed by atoms with Crippen LogP contribution >= 0.6 is 0 Å². The van der Waals surface area contributed by atoms with Crippen LogP contribution in [0, 0.1) is 22.9 Å². The van der Waals surface area contributed by atoms with Crippen molar-refractivity contribution in [1.29, 1.82) is 0 Å². The van der Waals surface area contributed by atoms with Crippen molar-refractivity contribution in [1.82, 2.24) is 4.57 Å². The average molecular weight is 302 g/mol. The first kappa shape index (κ1) is 16.7. The zero-order valence-corrected chi connectivity index (χ0v) is 15.2. The van der Waals surface area contributed by atoms with Crippen LogP contribution < -0.4 is 0 Å². The van der Waals surface area contributed by atoms with Gasteiger partial charge in [-0.2, -0.15) is 0 Å². The molecule has 4 heteroatoms. The SMILES string of the molecule is CN(C)[Si](C)(C)C#Cc1ccc(C#C[Si](C)(C)O)cc1. The molecule has 20 heavy (non-hydrogen) atoms. The van der Waals surface area contributed by atoms with E-state index in [0.29, 0.717) is 0 Å². The Bertz CT molecular complexity index is 575. The van der Waals surface area contributed by atoms with Crippen LogP contribution in [0.3, 0.4) is 0 Å². The summed E-state index contributed by atoms with van der Waals surface area (Å²) < 4.78 is 2.23. The van der Waals surface area contributed by atoms with Gasteiger partial charge in [-0.25, -0.2) is 0 Å². The van der Waals surface area contributed by atoms with E-state index in [0.717, 1.165) is 11.1 Å². The molecule has 0 saturated carbocycles. The van der Waals surface area contributed by atoms with Crippen LogP contribution in [-0.2, 0) is 0 Å². The summed E-state index contributed by atoms with van der Waals surface area (Å²) in [6, 6.07) is 7.90. The second kappa shape index (κ2) is 6.43. The third-order valence-electron chi connectivity index (χ3n) is 3.03. The van der Waals surface area contributed by atoms with Gasteiger partial charge in [-0.1, -0.05) is 17.4 Å². The first-order chi connectivity index (χ1) is 9.10. The van der Waals surface area contributed by atoms with Crippen molar-refractivity contribution in [2.24, 2.45) is 0 Å². The fourth-order valence-electron chi connectivity index (χ4n) is 1.20. The molecule has 0 aliphatic rings. The van der Waals surface area contributed by atoms with Crippen LogP contribution in [0.25, 0.3) is 0 Å². The molecule has 1 aromatic rings. The van der Waals surface area contributed by atoms with E-state index in [1.165, 1.54) is 0 Å². The van der Waals surface area contributed by atoms with E-state index >= 15 is 0 Å². The molecule has 1 rings (SSSR count). The maximum Gasteiger partial charge on any atom is 0.263 e. The van der Waals surface area contributed by atoms with Crippen molar-refractivity contribution >= 4 is 16.6 Å². The lowest BCUT2D eigenvalue weighted by Gasteiger charge is -2.23. The van der Waals surface area contributed by atoms with Gasteiger partial charge in [-0.3, -0.25) is 0 Å². The van der Waals surface area contributed by atoms with E-state index in [2.05, 4.69) is 54.7 Å². The smallest absolute Gasteiger partial charge is 0.263 e. The third kappa shape index (κ3) is 5.77. The standard InChI is InChI=1S/C16H23NOSi2/c1-17(2)19(3,4)13-11-15-7-9-16(10-8-15)12-14-20(5,6)18/h7-10,18H,1-6H3. The molecular formula is C16H23NOSi2. The Morgan fingerprint density at radius 1 is 0.850 bits per heavy atom. The summed E-state index contributed by atoms with van der Waals surface area (Å²) >= 11 is 0. The molecular weight excluding hydrogens is 278 g/mol. The Balaban J connectivity index is 2.88. The Kier molecular flexibility index (Phi) is 5.38. The van der Waals surface area contributed by atoms with Crippen LogP contribution in [0.15, 0.2) is 24.3 Å². The minimum Gasteiger partial charge on any atom is -0.422 e. The summed E-state index contributed by atoms with van der Waals surface area (Å²) in [5.74, 6) is 6.26. The normalized spacial score (nSPS) is 11.4. The Hall–Kier alpha value is -1.31. The molecule has 1 N–H and O–H groups in total. The van der Waals surface area contributed by atoms with Crippen LogP contribution in [0.1, 0.15) is 11.1 Å². The molecule has 0 unspecified atom stereocenters. The monoisotopic (exact) mass is 301 g/mol. The van der Waals surface area contributed by atoms with E-state index in [9.17, 15) is 4.80 Å². The van der Waals surface area contributed by atoms with Gasteiger partial charge in [0, 0.05) is 11.1 Å². The molecule has 0 aliphatic carbocycles. The lowest BCUT2D eigenvalue weighted by Crippen LogP contribution is -2.42.